The van der Waals surface area contributed by atoms with Crippen molar-refractivity contribution >= 4 is 35.2 Å². The molecule has 0 aliphatic carbocycles. The third-order valence-electron chi connectivity index (χ3n) is 4.03. The van der Waals surface area contributed by atoms with Gasteiger partial charge >= 0.3 is 0 Å². The van der Waals surface area contributed by atoms with Gasteiger partial charge in [-0.3, -0.25) is 9.69 Å². The van der Waals surface area contributed by atoms with E-state index in [2.05, 4.69) is 41.2 Å². The fourth-order valence-corrected chi connectivity index (χ4v) is 4.98. The van der Waals surface area contributed by atoms with Gasteiger partial charge in [-0.05, 0) is 24.4 Å². The van der Waals surface area contributed by atoms with Gasteiger partial charge in [0.1, 0.15) is 11.4 Å². The Kier molecular flexibility index (Phi) is 6.04. The number of hydrogen-bond acceptors (Lipinski definition) is 7. The average molecular weight is 367 g/mol. The van der Waals surface area contributed by atoms with Gasteiger partial charge in [-0.15, -0.1) is 0 Å². The summed E-state index contributed by atoms with van der Waals surface area (Å²) >= 11 is 3.16. The zero-order valence-electron chi connectivity index (χ0n) is 13.6. The van der Waals surface area contributed by atoms with Crippen molar-refractivity contribution in [2.75, 3.05) is 26.3 Å². The predicted molar refractivity (Wildman–Crippen MR) is 99.6 cm³/mol. The van der Waals surface area contributed by atoms with E-state index in [-0.39, 0.29) is 17.3 Å². The van der Waals surface area contributed by atoms with Crippen LogP contribution in [0.2, 0.25) is 0 Å². The summed E-state index contributed by atoms with van der Waals surface area (Å²) in [6, 6.07) is 8.05. The highest BCUT2D eigenvalue weighted by molar-refractivity contribution is 8.13. The van der Waals surface area contributed by atoms with Gasteiger partial charge in [-0.25, -0.2) is 4.41 Å². The Hall–Kier alpha value is -1.22. The Morgan fingerprint density at radius 3 is 3.00 bits per heavy atom. The van der Waals surface area contributed by atoms with E-state index in [1.54, 1.807) is 29.3 Å². The molecule has 0 saturated carbocycles. The van der Waals surface area contributed by atoms with Gasteiger partial charge in [0.2, 0.25) is 5.91 Å². The normalized spacial score (nSPS) is 22.7. The summed E-state index contributed by atoms with van der Waals surface area (Å²) in [4.78, 5) is 14.2. The smallest absolute Gasteiger partial charge is 0.237 e. The second-order valence-corrected chi connectivity index (χ2v) is 7.70. The molecule has 1 amide bonds. The summed E-state index contributed by atoms with van der Waals surface area (Å²) in [7, 11) is 0. The highest BCUT2D eigenvalue weighted by atomic mass is 32.2. The van der Waals surface area contributed by atoms with Crippen LogP contribution in [0.5, 0.6) is 0 Å². The van der Waals surface area contributed by atoms with Crippen LogP contribution in [0.15, 0.2) is 29.4 Å². The molecule has 2 N–H and O–H groups in total. The predicted octanol–water partition coefficient (Wildman–Crippen LogP) is 1.65. The van der Waals surface area contributed by atoms with Crippen molar-refractivity contribution in [2.24, 2.45) is 10.8 Å². The molecule has 1 saturated heterocycles. The number of rotatable bonds is 6. The van der Waals surface area contributed by atoms with Crippen molar-refractivity contribution in [2.45, 2.75) is 24.1 Å². The van der Waals surface area contributed by atoms with Gasteiger partial charge in [0.25, 0.3) is 0 Å². The van der Waals surface area contributed by atoms with E-state index in [0.717, 1.165) is 18.8 Å². The Morgan fingerprint density at radius 2 is 2.29 bits per heavy atom. The lowest BCUT2D eigenvalue weighted by molar-refractivity contribution is -0.125. The topological polar surface area (TPSA) is 71.2 Å². The summed E-state index contributed by atoms with van der Waals surface area (Å²) in [6.45, 7) is 4.81. The number of morpholine rings is 1. The summed E-state index contributed by atoms with van der Waals surface area (Å²) in [5.74, 6) is 0.506. The summed E-state index contributed by atoms with van der Waals surface area (Å²) in [5, 5.41) is 4.32. The molecule has 0 radical (unpaired) electrons. The van der Waals surface area contributed by atoms with Gasteiger partial charge in [0.05, 0.1) is 18.8 Å². The fourth-order valence-electron chi connectivity index (χ4n) is 2.85. The first-order valence-corrected chi connectivity index (χ1v) is 9.80. The van der Waals surface area contributed by atoms with Crippen LogP contribution in [-0.2, 0) is 15.3 Å². The maximum absolute atomic E-state index is 12.1. The van der Waals surface area contributed by atoms with Crippen LogP contribution >= 0.6 is 23.7 Å². The number of ether oxygens (including phenoxy) is 1. The molecule has 6 nitrogen and oxygen atoms in total. The molecule has 2 aliphatic rings. The van der Waals surface area contributed by atoms with E-state index >= 15 is 0 Å². The van der Waals surface area contributed by atoms with Crippen LogP contribution in [-0.4, -0.2) is 58.5 Å². The number of thioether (sulfide) groups is 1. The molecular formula is C16H22N4O2S2. The molecule has 2 unspecified atom stereocenters. The lowest BCUT2D eigenvalue weighted by Crippen LogP contribution is -2.56. The number of carbonyl (C=O) groups excluding carboxylic acids is 1. The van der Waals surface area contributed by atoms with Crippen molar-refractivity contribution in [3.63, 3.8) is 0 Å². The first-order valence-electron chi connectivity index (χ1n) is 7.92. The van der Waals surface area contributed by atoms with Crippen molar-refractivity contribution in [3.05, 3.63) is 35.4 Å². The second-order valence-electron chi connectivity index (χ2n) is 5.81. The van der Waals surface area contributed by atoms with Crippen LogP contribution in [0.4, 0.5) is 0 Å². The van der Waals surface area contributed by atoms with Crippen LogP contribution in [0, 0.1) is 6.92 Å². The van der Waals surface area contributed by atoms with Gasteiger partial charge in [0.15, 0.2) is 0 Å². The minimum atomic E-state index is -0.369. The molecule has 8 heteroatoms. The van der Waals surface area contributed by atoms with Crippen LogP contribution in [0.3, 0.4) is 0 Å². The SMILES string of the molecule is Cc1cccc(CSN2N=CSC2C(C(N)=O)N2CCOCC2)c1. The molecule has 2 heterocycles. The molecule has 0 aromatic heterocycles. The molecular weight excluding hydrogens is 344 g/mol. The molecule has 1 aromatic rings. The molecule has 1 aromatic carbocycles. The molecule has 2 atom stereocenters. The Labute approximate surface area is 150 Å². The highest BCUT2D eigenvalue weighted by Crippen LogP contribution is 2.34. The average Bonchev–Trinajstić information content (AvgIpc) is 3.02. The Bertz CT molecular complexity index is 607. The van der Waals surface area contributed by atoms with Crippen LogP contribution in [0.1, 0.15) is 11.1 Å². The highest BCUT2D eigenvalue weighted by Gasteiger charge is 2.39. The largest absolute Gasteiger partial charge is 0.379 e. The van der Waals surface area contributed by atoms with Crippen molar-refractivity contribution in [3.8, 4) is 0 Å². The number of amides is 1. The lowest BCUT2D eigenvalue weighted by Gasteiger charge is -2.37. The quantitative estimate of drug-likeness (QED) is 0.772. The summed E-state index contributed by atoms with van der Waals surface area (Å²) in [5.41, 5.74) is 9.99. The number of hydrazone groups is 1. The van der Waals surface area contributed by atoms with Crippen molar-refractivity contribution in [1.82, 2.24) is 9.31 Å². The van der Waals surface area contributed by atoms with E-state index in [4.69, 9.17) is 10.5 Å². The van der Waals surface area contributed by atoms with Gasteiger partial charge < -0.3 is 10.5 Å². The number of primary amides is 1. The van der Waals surface area contributed by atoms with Gasteiger partial charge in [-0.2, -0.15) is 5.10 Å². The Balaban J connectivity index is 1.66. The van der Waals surface area contributed by atoms with E-state index in [1.807, 2.05) is 4.41 Å². The molecule has 3 rings (SSSR count). The van der Waals surface area contributed by atoms with E-state index in [9.17, 15) is 4.79 Å². The van der Waals surface area contributed by atoms with Gasteiger partial charge in [-0.1, -0.05) is 41.6 Å². The molecule has 0 spiro atoms. The number of nitrogens with two attached hydrogens (primary N) is 1. The zero-order chi connectivity index (χ0) is 16.9. The molecule has 2 aliphatic heterocycles. The van der Waals surface area contributed by atoms with E-state index < -0.39 is 0 Å². The standard InChI is InChI=1S/C16H22N4O2S2/c1-12-3-2-4-13(9-12)10-24-20-16(23-11-18-20)14(15(17)21)19-5-7-22-8-6-19/h2-4,9,11,14,16H,5-8,10H2,1H3,(H2,17,21). The first-order chi connectivity index (χ1) is 11.6. The van der Waals surface area contributed by atoms with Crippen LogP contribution in [0.25, 0.3) is 0 Å². The summed E-state index contributed by atoms with van der Waals surface area (Å²) in [6.07, 6.45) is 0. The molecule has 0 bridgehead atoms. The molecule has 24 heavy (non-hydrogen) atoms. The first kappa shape index (κ1) is 17.6. The third kappa shape index (κ3) is 4.24. The Morgan fingerprint density at radius 1 is 1.50 bits per heavy atom. The minimum Gasteiger partial charge on any atom is -0.379 e. The number of carbonyl (C=O) groups is 1. The zero-order valence-corrected chi connectivity index (χ0v) is 15.3. The minimum absolute atomic E-state index is 0.101. The molecule has 1 fully saturated rings. The van der Waals surface area contributed by atoms with Crippen molar-refractivity contribution < 1.29 is 9.53 Å². The van der Waals surface area contributed by atoms with E-state index in [1.165, 1.54) is 11.1 Å². The molecule has 130 valence electrons. The van der Waals surface area contributed by atoms with Crippen LogP contribution < -0.4 is 5.73 Å². The van der Waals surface area contributed by atoms with Crippen molar-refractivity contribution in [1.29, 1.82) is 0 Å². The monoisotopic (exact) mass is 366 g/mol. The third-order valence-corrected chi connectivity index (χ3v) is 6.16. The number of benzene rings is 1. The lowest BCUT2D eigenvalue weighted by atomic mass is 10.2. The maximum Gasteiger partial charge on any atom is 0.237 e. The van der Waals surface area contributed by atoms with Gasteiger partial charge in [0, 0.05) is 18.8 Å². The fraction of sp³-hybridized carbons (Fsp3) is 0.500. The summed E-state index contributed by atoms with van der Waals surface area (Å²) < 4.78 is 7.30. The number of nitrogens with zero attached hydrogens (tertiary/aromatic N) is 3. The van der Waals surface area contributed by atoms with E-state index in [0.29, 0.717) is 13.2 Å². The number of aryl methyl sites for hydroxylation is 1. The number of hydrogen-bond donors (Lipinski definition) is 1. The maximum atomic E-state index is 12.1. The second kappa shape index (κ2) is 8.24.